The number of benzene rings is 1. The topological polar surface area (TPSA) is 73.8 Å². The first-order valence-corrected chi connectivity index (χ1v) is 11.2. The van der Waals surface area contributed by atoms with E-state index >= 15 is 0 Å². The third-order valence-electron chi connectivity index (χ3n) is 4.85. The van der Waals surface area contributed by atoms with E-state index in [9.17, 15) is 8.42 Å². The summed E-state index contributed by atoms with van der Waals surface area (Å²) in [5.74, 6) is 1.64. The zero-order chi connectivity index (χ0) is 19.0. The number of rotatable bonds is 7. The van der Waals surface area contributed by atoms with Gasteiger partial charge in [-0.2, -0.15) is 0 Å². The molecule has 1 saturated heterocycles. The van der Waals surface area contributed by atoms with Crippen LogP contribution in [-0.2, 0) is 16.4 Å². The van der Waals surface area contributed by atoms with E-state index in [1.807, 2.05) is 12.1 Å². The van der Waals surface area contributed by atoms with E-state index < -0.39 is 9.84 Å². The maximum Gasteiger partial charge on any atom is 0.191 e. The molecular formula is C19H32N4O2S. The van der Waals surface area contributed by atoms with Gasteiger partial charge in [-0.05, 0) is 62.5 Å². The minimum Gasteiger partial charge on any atom is -0.356 e. The molecule has 7 heteroatoms. The Hall–Kier alpha value is -1.60. The van der Waals surface area contributed by atoms with Crippen LogP contribution >= 0.6 is 0 Å². The van der Waals surface area contributed by atoms with Gasteiger partial charge in [0, 0.05) is 26.4 Å². The Balaban J connectivity index is 1.67. The van der Waals surface area contributed by atoms with Gasteiger partial charge >= 0.3 is 0 Å². The molecule has 1 fully saturated rings. The summed E-state index contributed by atoms with van der Waals surface area (Å²) >= 11 is 0. The van der Waals surface area contributed by atoms with Crippen LogP contribution < -0.4 is 10.6 Å². The molecule has 146 valence electrons. The highest BCUT2D eigenvalue weighted by atomic mass is 32.2. The number of aliphatic imine (C=N–C) groups is 1. The fourth-order valence-electron chi connectivity index (χ4n) is 3.06. The van der Waals surface area contributed by atoms with Crippen LogP contribution in [0.15, 0.2) is 34.2 Å². The van der Waals surface area contributed by atoms with Gasteiger partial charge in [-0.25, -0.2) is 8.42 Å². The summed E-state index contributed by atoms with van der Waals surface area (Å²) in [7, 11) is -1.39. The summed E-state index contributed by atoms with van der Waals surface area (Å²) in [6.07, 6.45) is 4.94. The molecule has 0 aliphatic carbocycles. The molecule has 1 aliphatic heterocycles. The molecular weight excluding hydrogens is 348 g/mol. The van der Waals surface area contributed by atoms with Crippen LogP contribution in [0, 0.1) is 5.92 Å². The molecule has 0 amide bonds. The van der Waals surface area contributed by atoms with Crippen molar-refractivity contribution in [2.75, 3.05) is 39.5 Å². The maximum absolute atomic E-state index is 11.5. The van der Waals surface area contributed by atoms with Crippen molar-refractivity contribution in [3.05, 3.63) is 29.8 Å². The van der Waals surface area contributed by atoms with Gasteiger partial charge < -0.3 is 15.5 Å². The Morgan fingerprint density at radius 3 is 2.42 bits per heavy atom. The van der Waals surface area contributed by atoms with Gasteiger partial charge in [0.25, 0.3) is 0 Å². The van der Waals surface area contributed by atoms with Crippen LogP contribution in [0.1, 0.15) is 31.7 Å². The van der Waals surface area contributed by atoms with E-state index in [0.29, 0.717) is 11.4 Å². The summed E-state index contributed by atoms with van der Waals surface area (Å²) in [5.41, 5.74) is 1.02. The number of guanidine groups is 1. The SMILES string of the molecule is CN=C(NCCCN1CCC(C)CC1)NCc1ccc(S(C)(=O)=O)cc1. The van der Waals surface area contributed by atoms with Gasteiger partial charge in [0.15, 0.2) is 15.8 Å². The monoisotopic (exact) mass is 380 g/mol. The lowest BCUT2D eigenvalue weighted by Crippen LogP contribution is -2.39. The largest absolute Gasteiger partial charge is 0.356 e. The number of likely N-dealkylation sites (tertiary alicyclic amines) is 1. The zero-order valence-corrected chi connectivity index (χ0v) is 17.0. The number of nitrogens with zero attached hydrogens (tertiary/aromatic N) is 2. The lowest BCUT2D eigenvalue weighted by Gasteiger charge is -2.30. The number of nitrogens with one attached hydrogen (secondary N) is 2. The summed E-state index contributed by atoms with van der Waals surface area (Å²) < 4.78 is 23.0. The van der Waals surface area contributed by atoms with Crippen molar-refractivity contribution >= 4 is 15.8 Å². The van der Waals surface area contributed by atoms with Crippen LogP contribution in [0.3, 0.4) is 0 Å². The second-order valence-electron chi connectivity index (χ2n) is 7.15. The first-order chi connectivity index (χ1) is 12.4. The smallest absolute Gasteiger partial charge is 0.191 e. The summed E-state index contributed by atoms with van der Waals surface area (Å²) in [6.45, 7) is 7.40. The van der Waals surface area contributed by atoms with Crippen LogP contribution in [0.4, 0.5) is 0 Å². The fraction of sp³-hybridized carbons (Fsp3) is 0.632. The first-order valence-electron chi connectivity index (χ1n) is 9.34. The Bertz CT molecular complexity index is 678. The summed E-state index contributed by atoms with van der Waals surface area (Å²) in [4.78, 5) is 7.13. The van der Waals surface area contributed by atoms with Gasteiger partial charge in [-0.15, -0.1) is 0 Å². The van der Waals surface area contributed by atoms with Crippen LogP contribution in [0.2, 0.25) is 0 Å². The highest BCUT2D eigenvalue weighted by molar-refractivity contribution is 7.90. The number of hydrogen-bond donors (Lipinski definition) is 2. The average molecular weight is 381 g/mol. The summed E-state index contributed by atoms with van der Waals surface area (Å²) in [5, 5.41) is 6.60. The highest BCUT2D eigenvalue weighted by Gasteiger charge is 2.14. The molecule has 1 aromatic carbocycles. The number of hydrogen-bond acceptors (Lipinski definition) is 4. The highest BCUT2D eigenvalue weighted by Crippen LogP contribution is 2.15. The van der Waals surface area contributed by atoms with Crippen molar-refractivity contribution in [3.63, 3.8) is 0 Å². The molecule has 0 spiro atoms. The summed E-state index contributed by atoms with van der Waals surface area (Å²) in [6, 6.07) is 6.94. The molecule has 0 aromatic heterocycles. The molecule has 0 saturated carbocycles. The minimum atomic E-state index is -3.14. The Labute approximate surface area is 158 Å². The Kier molecular flexibility index (Phi) is 7.90. The van der Waals surface area contributed by atoms with Gasteiger partial charge in [0.2, 0.25) is 0 Å². The Morgan fingerprint density at radius 1 is 1.19 bits per heavy atom. The lowest BCUT2D eigenvalue weighted by atomic mass is 9.99. The molecule has 6 nitrogen and oxygen atoms in total. The molecule has 0 atom stereocenters. The second kappa shape index (κ2) is 9.92. The van der Waals surface area contributed by atoms with Crippen molar-refractivity contribution in [3.8, 4) is 0 Å². The normalized spacial score (nSPS) is 17.3. The van der Waals surface area contributed by atoms with E-state index in [0.717, 1.165) is 37.0 Å². The molecule has 0 radical (unpaired) electrons. The average Bonchev–Trinajstić information content (AvgIpc) is 2.62. The van der Waals surface area contributed by atoms with E-state index in [1.54, 1.807) is 19.2 Å². The van der Waals surface area contributed by atoms with E-state index in [2.05, 4.69) is 27.4 Å². The Morgan fingerprint density at radius 2 is 1.85 bits per heavy atom. The van der Waals surface area contributed by atoms with E-state index in [4.69, 9.17) is 0 Å². The van der Waals surface area contributed by atoms with E-state index in [-0.39, 0.29) is 0 Å². The molecule has 1 aromatic rings. The van der Waals surface area contributed by atoms with Crippen molar-refractivity contribution < 1.29 is 8.42 Å². The van der Waals surface area contributed by atoms with Gasteiger partial charge in [0.05, 0.1) is 4.90 Å². The molecule has 0 bridgehead atoms. The van der Waals surface area contributed by atoms with Crippen LogP contribution in [0.25, 0.3) is 0 Å². The van der Waals surface area contributed by atoms with E-state index in [1.165, 1.54) is 32.2 Å². The zero-order valence-electron chi connectivity index (χ0n) is 16.2. The van der Waals surface area contributed by atoms with Crippen molar-refractivity contribution in [1.82, 2.24) is 15.5 Å². The van der Waals surface area contributed by atoms with Crippen LogP contribution in [-0.4, -0.2) is 58.8 Å². The predicted molar refractivity (Wildman–Crippen MR) is 107 cm³/mol. The molecule has 1 aliphatic rings. The fourth-order valence-corrected chi connectivity index (χ4v) is 3.69. The van der Waals surface area contributed by atoms with Gasteiger partial charge in [0.1, 0.15) is 0 Å². The molecule has 1 heterocycles. The van der Waals surface area contributed by atoms with Gasteiger partial charge in [-0.1, -0.05) is 19.1 Å². The third kappa shape index (κ3) is 6.96. The molecule has 2 N–H and O–H groups in total. The lowest BCUT2D eigenvalue weighted by molar-refractivity contribution is 0.191. The minimum absolute atomic E-state index is 0.343. The predicted octanol–water partition coefficient (Wildman–Crippen LogP) is 1.88. The van der Waals surface area contributed by atoms with Crippen molar-refractivity contribution in [2.45, 2.75) is 37.6 Å². The quantitative estimate of drug-likeness (QED) is 0.429. The van der Waals surface area contributed by atoms with Gasteiger partial charge in [-0.3, -0.25) is 4.99 Å². The first kappa shape index (κ1) is 20.7. The molecule has 0 unspecified atom stereocenters. The standard InChI is InChI=1S/C19H32N4O2S/c1-16-9-13-23(14-10-16)12-4-11-21-19(20-2)22-15-17-5-7-18(8-6-17)26(3,24)25/h5-8,16H,4,9-15H2,1-3H3,(H2,20,21,22). The third-order valence-corrected chi connectivity index (χ3v) is 5.98. The second-order valence-corrected chi connectivity index (χ2v) is 9.16. The maximum atomic E-state index is 11.5. The molecule has 26 heavy (non-hydrogen) atoms. The van der Waals surface area contributed by atoms with Crippen molar-refractivity contribution in [2.24, 2.45) is 10.9 Å². The number of piperidine rings is 1. The van der Waals surface area contributed by atoms with Crippen molar-refractivity contribution in [1.29, 1.82) is 0 Å². The number of sulfone groups is 1. The molecule has 2 rings (SSSR count). The van der Waals surface area contributed by atoms with Crippen LogP contribution in [0.5, 0.6) is 0 Å².